The molecule has 1 amide bonds. The van der Waals surface area contributed by atoms with Crippen molar-refractivity contribution in [1.82, 2.24) is 10.3 Å². The number of carbonyl (C=O) groups is 1. The number of aromatic nitrogens is 1. The Morgan fingerprint density at radius 1 is 1.07 bits per heavy atom. The van der Waals surface area contributed by atoms with Gasteiger partial charge < -0.3 is 20.1 Å². The summed E-state index contributed by atoms with van der Waals surface area (Å²) in [4.78, 5) is 16.8. The summed E-state index contributed by atoms with van der Waals surface area (Å²) in [5.74, 6) is 2.24. The molecule has 3 rings (SSSR count). The molecule has 0 bridgehead atoms. The monoisotopic (exact) mass is 383 g/mol. The molecule has 1 fully saturated rings. The molecule has 1 heterocycles. The highest BCUT2D eigenvalue weighted by Gasteiger charge is 2.16. The number of rotatable bonds is 8. The van der Waals surface area contributed by atoms with Crippen LogP contribution >= 0.6 is 0 Å². The Bertz CT molecular complexity index is 741. The third-order valence-electron chi connectivity index (χ3n) is 4.95. The molecular formula is C22H29N3O3. The number of nitrogens with zero attached hydrogens (tertiary/aromatic N) is 1. The number of methoxy groups -OCH3 is 1. The summed E-state index contributed by atoms with van der Waals surface area (Å²) >= 11 is 0. The zero-order valence-corrected chi connectivity index (χ0v) is 16.4. The molecule has 6 nitrogen and oxygen atoms in total. The van der Waals surface area contributed by atoms with E-state index in [1.165, 1.54) is 25.7 Å². The second kappa shape index (κ2) is 10.5. The SMILES string of the molecule is COc1ccc(OCCNc2cc(C(=O)NC3CCCCCC3)ccn2)cc1. The zero-order chi connectivity index (χ0) is 19.6. The number of pyridine rings is 1. The van der Waals surface area contributed by atoms with Crippen LogP contribution in [0.3, 0.4) is 0 Å². The molecule has 2 aromatic rings. The molecule has 2 N–H and O–H groups in total. The number of hydrogen-bond donors (Lipinski definition) is 2. The molecule has 0 aliphatic heterocycles. The van der Waals surface area contributed by atoms with Gasteiger partial charge in [-0.2, -0.15) is 0 Å². The van der Waals surface area contributed by atoms with Gasteiger partial charge in [-0.1, -0.05) is 25.7 Å². The van der Waals surface area contributed by atoms with Crippen molar-refractivity contribution in [2.45, 2.75) is 44.6 Å². The van der Waals surface area contributed by atoms with Crippen molar-refractivity contribution in [2.24, 2.45) is 0 Å². The van der Waals surface area contributed by atoms with Crippen LogP contribution < -0.4 is 20.1 Å². The second-order valence-electron chi connectivity index (χ2n) is 7.04. The van der Waals surface area contributed by atoms with Crippen LogP contribution in [0.4, 0.5) is 5.82 Å². The van der Waals surface area contributed by atoms with Crippen LogP contribution in [0.2, 0.25) is 0 Å². The Hall–Kier alpha value is -2.76. The summed E-state index contributed by atoms with van der Waals surface area (Å²) in [7, 11) is 1.64. The van der Waals surface area contributed by atoms with Crippen molar-refractivity contribution in [3.63, 3.8) is 0 Å². The molecule has 6 heteroatoms. The minimum Gasteiger partial charge on any atom is -0.497 e. The highest BCUT2D eigenvalue weighted by molar-refractivity contribution is 5.95. The molecule has 1 aromatic carbocycles. The molecule has 0 spiro atoms. The molecule has 1 saturated carbocycles. The first kappa shape index (κ1) is 20.0. The second-order valence-corrected chi connectivity index (χ2v) is 7.04. The average Bonchev–Trinajstić information content (AvgIpc) is 3.00. The summed E-state index contributed by atoms with van der Waals surface area (Å²) in [5.41, 5.74) is 0.637. The van der Waals surface area contributed by atoms with Gasteiger partial charge in [-0.15, -0.1) is 0 Å². The fraction of sp³-hybridized carbons (Fsp3) is 0.455. The van der Waals surface area contributed by atoms with Crippen molar-refractivity contribution >= 4 is 11.7 Å². The van der Waals surface area contributed by atoms with E-state index >= 15 is 0 Å². The summed E-state index contributed by atoms with van der Waals surface area (Å²) in [5, 5.41) is 6.38. The lowest BCUT2D eigenvalue weighted by Crippen LogP contribution is -2.34. The largest absolute Gasteiger partial charge is 0.497 e. The van der Waals surface area contributed by atoms with E-state index in [4.69, 9.17) is 9.47 Å². The molecule has 0 atom stereocenters. The van der Waals surface area contributed by atoms with E-state index in [1.807, 2.05) is 24.3 Å². The third kappa shape index (κ3) is 6.15. The van der Waals surface area contributed by atoms with Crippen LogP contribution in [0.1, 0.15) is 48.9 Å². The lowest BCUT2D eigenvalue weighted by molar-refractivity contribution is 0.0933. The first-order valence-corrected chi connectivity index (χ1v) is 10.0. The van der Waals surface area contributed by atoms with Gasteiger partial charge >= 0.3 is 0 Å². The molecule has 0 saturated heterocycles. The van der Waals surface area contributed by atoms with Crippen molar-refractivity contribution < 1.29 is 14.3 Å². The van der Waals surface area contributed by atoms with E-state index in [0.29, 0.717) is 24.5 Å². The van der Waals surface area contributed by atoms with Crippen LogP contribution in [-0.4, -0.2) is 37.2 Å². The topological polar surface area (TPSA) is 72.5 Å². The van der Waals surface area contributed by atoms with Crippen molar-refractivity contribution in [3.05, 3.63) is 48.2 Å². The van der Waals surface area contributed by atoms with Gasteiger partial charge in [0.1, 0.15) is 23.9 Å². The summed E-state index contributed by atoms with van der Waals surface area (Å²) in [6, 6.07) is 11.3. The van der Waals surface area contributed by atoms with Crippen LogP contribution in [0.5, 0.6) is 11.5 Å². The number of hydrogen-bond acceptors (Lipinski definition) is 5. The number of nitrogens with one attached hydrogen (secondary N) is 2. The molecular weight excluding hydrogens is 354 g/mol. The van der Waals surface area contributed by atoms with Gasteiger partial charge in [-0.25, -0.2) is 4.98 Å². The first-order valence-electron chi connectivity index (χ1n) is 10.0. The summed E-state index contributed by atoms with van der Waals surface area (Å²) in [6.07, 6.45) is 8.75. The first-order chi connectivity index (χ1) is 13.7. The van der Waals surface area contributed by atoms with Crippen molar-refractivity contribution in [3.8, 4) is 11.5 Å². The quantitative estimate of drug-likeness (QED) is 0.532. The summed E-state index contributed by atoms with van der Waals surface area (Å²) in [6.45, 7) is 1.08. The van der Waals surface area contributed by atoms with Crippen LogP contribution in [0.15, 0.2) is 42.6 Å². The van der Waals surface area contributed by atoms with E-state index < -0.39 is 0 Å². The van der Waals surface area contributed by atoms with E-state index in [2.05, 4.69) is 15.6 Å². The molecule has 150 valence electrons. The van der Waals surface area contributed by atoms with Crippen molar-refractivity contribution in [2.75, 3.05) is 25.6 Å². The maximum Gasteiger partial charge on any atom is 0.251 e. The number of anilines is 1. The maximum atomic E-state index is 12.5. The lowest BCUT2D eigenvalue weighted by atomic mass is 10.1. The number of carbonyl (C=O) groups excluding carboxylic acids is 1. The number of ether oxygens (including phenoxy) is 2. The van der Waals surface area contributed by atoms with E-state index in [9.17, 15) is 4.79 Å². The van der Waals surface area contributed by atoms with Gasteiger partial charge in [0.05, 0.1) is 13.7 Å². The Kier molecular flexibility index (Phi) is 7.53. The van der Waals surface area contributed by atoms with E-state index in [-0.39, 0.29) is 11.9 Å². The Morgan fingerprint density at radius 3 is 2.50 bits per heavy atom. The highest BCUT2D eigenvalue weighted by Crippen LogP contribution is 2.18. The van der Waals surface area contributed by atoms with Gasteiger partial charge in [0.15, 0.2) is 0 Å². The van der Waals surface area contributed by atoms with Gasteiger partial charge in [-0.05, 0) is 49.2 Å². The van der Waals surface area contributed by atoms with Gasteiger partial charge in [-0.3, -0.25) is 4.79 Å². The van der Waals surface area contributed by atoms with Gasteiger partial charge in [0.2, 0.25) is 0 Å². The Balaban J connectivity index is 1.45. The predicted molar refractivity (Wildman–Crippen MR) is 110 cm³/mol. The Morgan fingerprint density at radius 2 is 1.79 bits per heavy atom. The normalized spacial score (nSPS) is 14.8. The van der Waals surface area contributed by atoms with E-state index in [1.54, 1.807) is 25.4 Å². The van der Waals surface area contributed by atoms with E-state index in [0.717, 1.165) is 24.3 Å². The average molecular weight is 383 g/mol. The van der Waals surface area contributed by atoms with Crippen LogP contribution in [-0.2, 0) is 0 Å². The highest BCUT2D eigenvalue weighted by atomic mass is 16.5. The molecule has 28 heavy (non-hydrogen) atoms. The molecule has 1 aromatic heterocycles. The predicted octanol–water partition coefficient (Wildman–Crippen LogP) is 4.03. The smallest absolute Gasteiger partial charge is 0.251 e. The Labute approximate surface area is 166 Å². The standard InChI is InChI=1S/C22H29N3O3/c1-27-19-8-10-20(11-9-19)28-15-14-24-21-16-17(12-13-23-21)22(26)25-18-6-4-2-3-5-7-18/h8-13,16,18H,2-7,14-15H2,1H3,(H,23,24)(H,25,26). The number of benzene rings is 1. The number of amides is 1. The molecule has 0 unspecified atom stereocenters. The minimum absolute atomic E-state index is 0.0215. The molecule has 1 aliphatic rings. The minimum atomic E-state index is -0.0215. The summed E-state index contributed by atoms with van der Waals surface area (Å²) < 4.78 is 10.8. The molecule has 0 radical (unpaired) electrons. The van der Waals surface area contributed by atoms with Gasteiger partial charge in [0, 0.05) is 17.8 Å². The van der Waals surface area contributed by atoms with Crippen LogP contribution in [0, 0.1) is 0 Å². The fourth-order valence-corrected chi connectivity index (χ4v) is 3.38. The maximum absolute atomic E-state index is 12.5. The lowest BCUT2D eigenvalue weighted by Gasteiger charge is -2.16. The third-order valence-corrected chi connectivity index (χ3v) is 4.95. The zero-order valence-electron chi connectivity index (χ0n) is 16.4. The van der Waals surface area contributed by atoms with Gasteiger partial charge in [0.25, 0.3) is 5.91 Å². The van der Waals surface area contributed by atoms with Crippen molar-refractivity contribution in [1.29, 1.82) is 0 Å². The molecule has 1 aliphatic carbocycles. The fourth-order valence-electron chi connectivity index (χ4n) is 3.38. The van der Waals surface area contributed by atoms with Crippen LogP contribution in [0.25, 0.3) is 0 Å².